The molecule has 0 atom stereocenters. The van der Waals surface area contributed by atoms with Gasteiger partial charge in [0.2, 0.25) is 0 Å². The van der Waals surface area contributed by atoms with Crippen LogP contribution in [0.4, 0.5) is 17.1 Å². The number of nitrogens with zero attached hydrogens (tertiary/aromatic N) is 1. The fraction of sp³-hybridized carbons (Fsp3) is 0.200. The summed E-state index contributed by atoms with van der Waals surface area (Å²) < 4.78 is 2.69. The van der Waals surface area contributed by atoms with Gasteiger partial charge in [0.15, 0.2) is 0 Å². The van der Waals surface area contributed by atoms with Crippen molar-refractivity contribution in [3.05, 3.63) is 150 Å². The largest absolute Gasteiger partial charge is 0.310 e. The van der Waals surface area contributed by atoms with Crippen LogP contribution in [0.25, 0.3) is 42.4 Å². The molecule has 230 valence electrons. The fourth-order valence-corrected chi connectivity index (χ4v) is 9.59. The van der Waals surface area contributed by atoms with Gasteiger partial charge in [0.1, 0.15) is 0 Å². The monoisotopic (exact) mass is 625 g/mol. The molecule has 0 radical (unpaired) electrons. The minimum absolute atomic E-state index is 0.00265. The van der Waals surface area contributed by atoms with Crippen LogP contribution in [-0.4, -0.2) is 0 Å². The van der Waals surface area contributed by atoms with Crippen molar-refractivity contribution >= 4 is 48.6 Å². The predicted molar refractivity (Wildman–Crippen MR) is 203 cm³/mol. The van der Waals surface area contributed by atoms with Crippen LogP contribution >= 0.6 is 11.3 Å². The van der Waals surface area contributed by atoms with Crippen LogP contribution in [0.2, 0.25) is 0 Å². The second kappa shape index (κ2) is 9.69. The Labute approximate surface area is 282 Å². The Morgan fingerprint density at radius 2 is 0.979 bits per heavy atom. The molecular weight excluding hydrogens is 587 g/mol. The van der Waals surface area contributed by atoms with Crippen molar-refractivity contribution in [1.82, 2.24) is 0 Å². The quantitative estimate of drug-likeness (QED) is 0.189. The molecule has 0 saturated carbocycles. The molecule has 0 bridgehead atoms. The van der Waals surface area contributed by atoms with Crippen molar-refractivity contribution in [3.8, 4) is 22.3 Å². The van der Waals surface area contributed by atoms with Gasteiger partial charge < -0.3 is 4.90 Å². The van der Waals surface area contributed by atoms with E-state index < -0.39 is 0 Å². The van der Waals surface area contributed by atoms with E-state index >= 15 is 0 Å². The molecule has 47 heavy (non-hydrogen) atoms. The summed E-state index contributed by atoms with van der Waals surface area (Å²) >= 11 is 1.92. The summed E-state index contributed by atoms with van der Waals surface area (Å²) in [5.41, 5.74) is 14.6. The van der Waals surface area contributed by atoms with E-state index in [1.807, 2.05) is 11.3 Å². The molecule has 2 heteroatoms. The molecule has 0 saturated heterocycles. The second-order valence-electron chi connectivity index (χ2n) is 15.0. The lowest BCUT2D eigenvalue weighted by Crippen LogP contribution is -2.43. The van der Waals surface area contributed by atoms with Crippen molar-refractivity contribution < 1.29 is 0 Å². The molecule has 7 aromatic rings. The summed E-state index contributed by atoms with van der Waals surface area (Å²) in [4.78, 5) is 2.43. The van der Waals surface area contributed by atoms with Crippen LogP contribution in [0.3, 0.4) is 0 Å². The maximum Gasteiger partial charge on any atom is 0.0468 e. The van der Waals surface area contributed by atoms with Crippen molar-refractivity contribution in [3.63, 3.8) is 0 Å². The molecule has 0 fully saturated rings. The van der Waals surface area contributed by atoms with Crippen LogP contribution in [0.1, 0.15) is 63.8 Å². The summed E-state index contributed by atoms with van der Waals surface area (Å²) in [5, 5.41) is 2.66. The highest BCUT2D eigenvalue weighted by Crippen LogP contribution is 2.56. The Hall–Kier alpha value is -4.66. The number of hydrogen-bond acceptors (Lipinski definition) is 2. The molecule has 1 heterocycles. The van der Waals surface area contributed by atoms with Crippen LogP contribution in [0.15, 0.2) is 127 Å². The van der Waals surface area contributed by atoms with Gasteiger partial charge in [-0.15, -0.1) is 11.3 Å². The maximum absolute atomic E-state index is 2.50. The highest BCUT2D eigenvalue weighted by atomic mass is 32.1. The zero-order valence-electron chi connectivity index (χ0n) is 28.0. The fourth-order valence-electron chi connectivity index (χ4n) is 8.48. The topological polar surface area (TPSA) is 3.24 Å². The van der Waals surface area contributed by atoms with Crippen molar-refractivity contribution in [2.45, 2.75) is 57.8 Å². The van der Waals surface area contributed by atoms with Gasteiger partial charge in [-0.3, -0.25) is 0 Å². The van der Waals surface area contributed by atoms with Crippen molar-refractivity contribution in [2.24, 2.45) is 0 Å². The van der Waals surface area contributed by atoms with E-state index in [1.54, 1.807) is 0 Å². The summed E-state index contributed by atoms with van der Waals surface area (Å²) in [6.07, 6.45) is 0. The van der Waals surface area contributed by atoms with Gasteiger partial charge in [-0.25, -0.2) is 0 Å². The Balaban J connectivity index is 1.25. The molecule has 0 unspecified atom stereocenters. The SMILES string of the molecule is CC1(C)c2ccccc2-c2ccc(N(c3ccccc3)c3ccc4sc5cc6c(cc5c4c3)-c3ccccc3C(C)(C)C6(C)C)cc21. The molecule has 0 N–H and O–H groups in total. The average Bonchev–Trinajstić information content (AvgIpc) is 3.55. The van der Waals surface area contributed by atoms with E-state index in [4.69, 9.17) is 0 Å². The molecular formula is C45H39NS. The maximum atomic E-state index is 2.50. The highest BCUT2D eigenvalue weighted by molar-refractivity contribution is 7.25. The summed E-state index contributed by atoms with van der Waals surface area (Å²) in [6, 6.07) is 47.9. The number of para-hydroxylation sites is 1. The minimum Gasteiger partial charge on any atom is -0.310 e. The Morgan fingerprint density at radius 1 is 0.404 bits per heavy atom. The zero-order valence-corrected chi connectivity index (χ0v) is 28.8. The summed E-state index contributed by atoms with van der Waals surface area (Å²) in [5.74, 6) is 0. The molecule has 2 aliphatic carbocycles. The first-order valence-electron chi connectivity index (χ1n) is 16.8. The molecule has 1 nitrogen and oxygen atoms in total. The molecule has 6 aromatic carbocycles. The summed E-state index contributed by atoms with van der Waals surface area (Å²) in [6.45, 7) is 14.4. The molecule has 2 aliphatic rings. The van der Waals surface area contributed by atoms with E-state index in [0.29, 0.717) is 0 Å². The third-order valence-corrected chi connectivity index (χ3v) is 13.0. The normalized spacial score (nSPS) is 16.4. The van der Waals surface area contributed by atoms with E-state index in [2.05, 4.69) is 174 Å². The Morgan fingerprint density at radius 3 is 1.74 bits per heavy atom. The van der Waals surface area contributed by atoms with E-state index in [1.165, 1.54) is 76.1 Å². The predicted octanol–water partition coefficient (Wildman–Crippen LogP) is 13.1. The van der Waals surface area contributed by atoms with E-state index in [0.717, 1.165) is 5.69 Å². The van der Waals surface area contributed by atoms with Gasteiger partial charge in [0.05, 0.1) is 0 Å². The Bertz CT molecular complexity index is 2390. The van der Waals surface area contributed by atoms with Crippen molar-refractivity contribution in [1.29, 1.82) is 0 Å². The second-order valence-corrected chi connectivity index (χ2v) is 16.1. The lowest BCUT2D eigenvalue weighted by molar-refractivity contribution is 0.299. The number of anilines is 3. The first-order valence-corrected chi connectivity index (χ1v) is 17.6. The first-order chi connectivity index (χ1) is 22.6. The third-order valence-electron chi connectivity index (χ3n) is 11.8. The van der Waals surface area contributed by atoms with Gasteiger partial charge in [0.25, 0.3) is 0 Å². The Kier molecular flexibility index (Phi) is 5.88. The van der Waals surface area contributed by atoms with Crippen LogP contribution in [-0.2, 0) is 16.2 Å². The number of fused-ring (bicyclic) bond motifs is 9. The van der Waals surface area contributed by atoms with Gasteiger partial charge >= 0.3 is 0 Å². The minimum atomic E-state index is -0.0600. The van der Waals surface area contributed by atoms with Gasteiger partial charge in [-0.2, -0.15) is 0 Å². The standard InChI is InChI=1S/C45H39NS/c1-43(2)37-18-12-10-16-31(37)33-22-20-30(25-39(33)43)46(28-14-8-7-9-15-28)29-21-23-41-35(24-29)36-26-34-32-17-11-13-19-38(32)44(3,4)45(5,6)40(34)27-42(36)47-41/h7-27H,1-6H3. The first kappa shape index (κ1) is 28.6. The number of rotatable bonds is 3. The molecule has 0 aliphatic heterocycles. The zero-order chi connectivity index (χ0) is 32.3. The third kappa shape index (κ3) is 3.88. The van der Waals surface area contributed by atoms with Crippen LogP contribution < -0.4 is 4.90 Å². The van der Waals surface area contributed by atoms with Crippen LogP contribution in [0.5, 0.6) is 0 Å². The average molecular weight is 626 g/mol. The highest BCUT2D eigenvalue weighted by Gasteiger charge is 2.46. The van der Waals surface area contributed by atoms with E-state index in [9.17, 15) is 0 Å². The van der Waals surface area contributed by atoms with Gasteiger partial charge in [-0.05, 0) is 110 Å². The molecule has 1 aromatic heterocycles. The lowest BCUT2D eigenvalue weighted by Gasteiger charge is -2.48. The number of benzene rings is 6. The molecule has 9 rings (SSSR count). The summed E-state index contributed by atoms with van der Waals surface area (Å²) in [7, 11) is 0. The van der Waals surface area contributed by atoms with E-state index in [-0.39, 0.29) is 16.2 Å². The smallest absolute Gasteiger partial charge is 0.0468 e. The lowest BCUT2D eigenvalue weighted by atomic mass is 9.55. The van der Waals surface area contributed by atoms with Gasteiger partial charge in [-0.1, -0.05) is 114 Å². The molecule has 0 amide bonds. The van der Waals surface area contributed by atoms with Crippen molar-refractivity contribution in [2.75, 3.05) is 4.90 Å². The number of hydrogen-bond donors (Lipinski definition) is 0. The number of thiophene rings is 1. The van der Waals surface area contributed by atoms with Gasteiger partial charge in [0, 0.05) is 42.6 Å². The van der Waals surface area contributed by atoms with Crippen LogP contribution in [0, 0.1) is 0 Å². The molecule has 0 spiro atoms.